The molecule has 0 fully saturated rings. The average molecular weight is 264 g/mol. The molecule has 0 aliphatic carbocycles. The number of hydrogen-bond donors (Lipinski definition) is 0. The minimum Gasteiger partial charge on any atom is -0.465 e. The van der Waals surface area contributed by atoms with E-state index in [1.54, 1.807) is 32.2 Å². The van der Waals surface area contributed by atoms with Crippen molar-refractivity contribution in [2.45, 2.75) is 13.8 Å². The highest BCUT2D eigenvalue weighted by Crippen LogP contribution is 2.09. The number of rotatable bonds is 6. The lowest BCUT2D eigenvalue weighted by Crippen LogP contribution is -2.29. The maximum absolute atomic E-state index is 11.7. The molecule has 0 aromatic carbocycles. The molecule has 0 radical (unpaired) electrons. The summed E-state index contributed by atoms with van der Waals surface area (Å²) in [6.45, 7) is 3.71. The third-order valence-electron chi connectivity index (χ3n) is 2.10. The average Bonchev–Trinajstić information content (AvgIpc) is 2.41. The van der Waals surface area contributed by atoms with Gasteiger partial charge in [0.15, 0.2) is 5.92 Å². The van der Waals surface area contributed by atoms with Crippen LogP contribution in [0, 0.1) is 5.92 Å². The van der Waals surface area contributed by atoms with Crippen LogP contribution in [-0.4, -0.2) is 36.4 Å². The van der Waals surface area contributed by atoms with E-state index < -0.39 is 17.9 Å². The number of nitrogens with zero attached hydrogens (tertiary/aromatic N) is 2. The van der Waals surface area contributed by atoms with Crippen LogP contribution < -0.4 is 0 Å². The molecule has 0 aliphatic heterocycles. The number of carbonyl (C=O) groups is 2. The largest absolute Gasteiger partial charge is 0.465 e. The fourth-order valence-corrected chi connectivity index (χ4v) is 1.27. The first kappa shape index (κ1) is 14.8. The molecule has 19 heavy (non-hydrogen) atoms. The van der Waals surface area contributed by atoms with Crippen LogP contribution in [0.2, 0.25) is 0 Å². The summed E-state index contributed by atoms with van der Waals surface area (Å²) in [6, 6.07) is 3.41. The number of hydrogen-bond acceptors (Lipinski definition) is 6. The molecule has 0 saturated carbocycles. The Morgan fingerprint density at radius 3 is 2.42 bits per heavy atom. The first-order valence-electron chi connectivity index (χ1n) is 5.96. The zero-order chi connectivity index (χ0) is 14.1. The smallest absolute Gasteiger partial charge is 0.325 e. The van der Waals surface area contributed by atoms with Crippen molar-refractivity contribution in [1.29, 1.82) is 0 Å². The van der Waals surface area contributed by atoms with Crippen molar-refractivity contribution in [2.24, 2.45) is 10.9 Å². The monoisotopic (exact) mass is 264 g/mol. The molecule has 0 unspecified atom stereocenters. The van der Waals surface area contributed by atoms with Gasteiger partial charge in [-0.05, 0) is 26.0 Å². The molecule has 6 nitrogen and oxygen atoms in total. The van der Waals surface area contributed by atoms with Crippen molar-refractivity contribution in [3.05, 3.63) is 24.5 Å². The predicted molar refractivity (Wildman–Crippen MR) is 69.1 cm³/mol. The lowest BCUT2D eigenvalue weighted by Gasteiger charge is -2.09. The Morgan fingerprint density at radius 2 is 1.95 bits per heavy atom. The number of esters is 2. The Balaban J connectivity index is 2.82. The second-order valence-corrected chi connectivity index (χ2v) is 3.47. The van der Waals surface area contributed by atoms with Crippen LogP contribution in [0.25, 0.3) is 0 Å². The summed E-state index contributed by atoms with van der Waals surface area (Å²) < 4.78 is 9.63. The zero-order valence-electron chi connectivity index (χ0n) is 10.9. The molecule has 0 amide bonds. The highest BCUT2D eigenvalue weighted by Gasteiger charge is 2.27. The van der Waals surface area contributed by atoms with Gasteiger partial charge in [-0.25, -0.2) is 0 Å². The molecule has 6 heteroatoms. The van der Waals surface area contributed by atoms with Gasteiger partial charge in [0, 0.05) is 12.4 Å². The third kappa shape index (κ3) is 4.87. The normalized spacial score (nSPS) is 10.7. The quantitative estimate of drug-likeness (QED) is 0.442. The molecule has 0 bridgehead atoms. The van der Waals surface area contributed by atoms with Crippen molar-refractivity contribution in [1.82, 2.24) is 4.98 Å². The lowest BCUT2D eigenvalue weighted by atomic mass is 10.2. The van der Waals surface area contributed by atoms with Crippen molar-refractivity contribution in [2.75, 3.05) is 13.2 Å². The maximum Gasteiger partial charge on any atom is 0.325 e. The summed E-state index contributed by atoms with van der Waals surface area (Å²) in [5.74, 6) is -2.50. The minimum atomic E-state index is -1.15. The number of pyridine rings is 1. The second-order valence-electron chi connectivity index (χ2n) is 3.47. The van der Waals surface area contributed by atoms with Gasteiger partial charge in [0.05, 0.1) is 25.1 Å². The molecule has 0 N–H and O–H groups in total. The van der Waals surface area contributed by atoms with Gasteiger partial charge in [-0.15, -0.1) is 0 Å². The van der Waals surface area contributed by atoms with E-state index in [0.29, 0.717) is 5.69 Å². The Hall–Kier alpha value is -2.24. The fraction of sp³-hybridized carbons (Fsp3) is 0.385. The number of ether oxygens (including phenoxy) is 2. The molecule has 0 spiro atoms. The van der Waals surface area contributed by atoms with E-state index in [-0.39, 0.29) is 13.2 Å². The van der Waals surface area contributed by atoms with Crippen LogP contribution in [-0.2, 0) is 19.1 Å². The van der Waals surface area contributed by atoms with E-state index in [0.717, 1.165) is 0 Å². The van der Waals surface area contributed by atoms with Crippen LogP contribution in [0.5, 0.6) is 0 Å². The summed E-state index contributed by atoms with van der Waals surface area (Å²) in [5, 5.41) is 0. The van der Waals surface area contributed by atoms with Crippen LogP contribution >= 0.6 is 0 Å². The minimum absolute atomic E-state index is 0.190. The Kier molecular flexibility index (Phi) is 6.21. The lowest BCUT2D eigenvalue weighted by molar-refractivity contribution is -0.157. The summed E-state index contributed by atoms with van der Waals surface area (Å²) in [6.07, 6.45) is 4.34. The predicted octanol–water partition coefficient (Wildman–Crippen LogP) is 1.53. The standard InChI is InChI=1S/C13H16N2O4/c1-3-18-12(16)11(13(17)19-4-2)9-15-10-6-5-7-14-8-10/h5-9,11H,3-4H2,1-2H3. The molecule has 0 atom stereocenters. The van der Waals surface area contributed by atoms with E-state index in [1.165, 1.54) is 12.4 Å². The van der Waals surface area contributed by atoms with Crippen molar-refractivity contribution >= 4 is 23.8 Å². The summed E-state index contributed by atoms with van der Waals surface area (Å²) in [5.41, 5.74) is 0.543. The Bertz CT molecular complexity index is 427. The second kappa shape index (κ2) is 7.97. The summed E-state index contributed by atoms with van der Waals surface area (Å²) in [4.78, 5) is 31.2. The van der Waals surface area contributed by atoms with Crippen molar-refractivity contribution < 1.29 is 19.1 Å². The Labute approximate surface area is 111 Å². The molecule has 0 saturated heterocycles. The molecule has 1 aromatic heterocycles. The molecular weight excluding hydrogens is 248 g/mol. The number of aliphatic imine (C=N–C) groups is 1. The van der Waals surface area contributed by atoms with E-state index in [9.17, 15) is 9.59 Å². The maximum atomic E-state index is 11.7. The molecular formula is C13H16N2O4. The van der Waals surface area contributed by atoms with Crippen LogP contribution in [0.15, 0.2) is 29.5 Å². The SMILES string of the molecule is CCOC(=O)C(C=Nc1cccnc1)C(=O)OCC. The molecule has 1 rings (SSSR count). The summed E-state index contributed by atoms with van der Waals surface area (Å²) in [7, 11) is 0. The van der Waals surface area contributed by atoms with Gasteiger partial charge in [-0.3, -0.25) is 19.6 Å². The van der Waals surface area contributed by atoms with E-state index in [2.05, 4.69) is 9.98 Å². The highest BCUT2D eigenvalue weighted by molar-refractivity contribution is 6.09. The van der Waals surface area contributed by atoms with Gasteiger partial charge in [-0.1, -0.05) is 0 Å². The first-order chi connectivity index (χ1) is 9.19. The van der Waals surface area contributed by atoms with Crippen LogP contribution in [0.4, 0.5) is 5.69 Å². The van der Waals surface area contributed by atoms with Gasteiger partial charge in [0.1, 0.15) is 0 Å². The number of aromatic nitrogens is 1. The van der Waals surface area contributed by atoms with E-state index >= 15 is 0 Å². The molecule has 1 aromatic rings. The highest BCUT2D eigenvalue weighted by atomic mass is 16.6. The van der Waals surface area contributed by atoms with Crippen molar-refractivity contribution in [3.8, 4) is 0 Å². The van der Waals surface area contributed by atoms with Gasteiger partial charge < -0.3 is 9.47 Å². The van der Waals surface area contributed by atoms with Gasteiger partial charge in [0.25, 0.3) is 0 Å². The number of carbonyl (C=O) groups excluding carboxylic acids is 2. The van der Waals surface area contributed by atoms with Crippen molar-refractivity contribution in [3.63, 3.8) is 0 Å². The topological polar surface area (TPSA) is 77.9 Å². The fourth-order valence-electron chi connectivity index (χ4n) is 1.27. The van der Waals surface area contributed by atoms with E-state index in [1.807, 2.05) is 0 Å². The zero-order valence-corrected chi connectivity index (χ0v) is 10.9. The molecule has 0 aliphatic rings. The van der Waals surface area contributed by atoms with Gasteiger partial charge >= 0.3 is 11.9 Å². The third-order valence-corrected chi connectivity index (χ3v) is 2.10. The van der Waals surface area contributed by atoms with Gasteiger partial charge in [-0.2, -0.15) is 0 Å². The van der Waals surface area contributed by atoms with Crippen LogP contribution in [0.1, 0.15) is 13.8 Å². The first-order valence-corrected chi connectivity index (χ1v) is 5.96. The summed E-state index contributed by atoms with van der Waals surface area (Å²) >= 11 is 0. The van der Waals surface area contributed by atoms with Gasteiger partial charge in [0.2, 0.25) is 0 Å². The van der Waals surface area contributed by atoms with E-state index in [4.69, 9.17) is 9.47 Å². The molecule has 102 valence electrons. The van der Waals surface area contributed by atoms with Crippen LogP contribution in [0.3, 0.4) is 0 Å². The Morgan fingerprint density at radius 1 is 1.32 bits per heavy atom. The molecule has 1 heterocycles.